The zero-order chi connectivity index (χ0) is 18.7. The largest absolute Gasteiger partial charge is 0.372 e. The molecule has 0 unspecified atom stereocenters. The summed E-state index contributed by atoms with van der Waals surface area (Å²) in [6.07, 6.45) is 0.170. The van der Waals surface area contributed by atoms with Crippen molar-refractivity contribution in [3.63, 3.8) is 0 Å². The van der Waals surface area contributed by atoms with Crippen molar-refractivity contribution in [3.05, 3.63) is 34.4 Å². The topological polar surface area (TPSA) is 79.2 Å². The smallest absolute Gasteiger partial charge is 0.269 e. The number of nitrogens with zero attached hydrogens (tertiary/aromatic N) is 4. The minimum Gasteiger partial charge on any atom is -0.372 e. The van der Waals surface area contributed by atoms with Crippen LogP contribution >= 0.6 is 0 Å². The van der Waals surface area contributed by atoms with E-state index < -0.39 is 0 Å². The van der Waals surface area contributed by atoms with Crippen molar-refractivity contribution in [1.82, 2.24) is 9.80 Å². The van der Waals surface area contributed by atoms with E-state index in [9.17, 15) is 14.9 Å². The highest BCUT2D eigenvalue weighted by atomic mass is 16.6. The lowest BCUT2D eigenvalue weighted by Crippen LogP contribution is -2.53. The molecular weight excluding hydrogens is 336 g/mol. The molecule has 2 heterocycles. The zero-order valence-corrected chi connectivity index (χ0v) is 15.3. The average molecular weight is 362 g/mol. The summed E-state index contributed by atoms with van der Waals surface area (Å²) in [6.45, 7) is 8.97. The molecule has 0 saturated carbocycles. The Morgan fingerprint density at radius 2 is 1.69 bits per heavy atom. The summed E-state index contributed by atoms with van der Waals surface area (Å²) >= 11 is 0. The molecule has 0 aliphatic carbocycles. The van der Waals surface area contributed by atoms with Crippen LogP contribution in [0.1, 0.15) is 13.8 Å². The second kappa shape index (κ2) is 8.01. The summed E-state index contributed by atoms with van der Waals surface area (Å²) < 4.78 is 5.69. The Morgan fingerprint density at radius 3 is 2.23 bits per heavy atom. The number of non-ortho nitro benzene ring substituents is 1. The maximum Gasteiger partial charge on any atom is 0.269 e. The molecule has 8 heteroatoms. The molecule has 1 amide bonds. The van der Waals surface area contributed by atoms with E-state index in [1.165, 1.54) is 12.1 Å². The van der Waals surface area contributed by atoms with E-state index in [1.807, 2.05) is 18.7 Å². The number of nitro benzene ring substituents is 1. The maximum atomic E-state index is 12.6. The number of nitro groups is 1. The quantitative estimate of drug-likeness (QED) is 0.594. The van der Waals surface area contributed by atoms with Crippen molar-refractivity contribution < 1.29 is 14.5 Å². The van der Waals surface area contributed by atoms with Gasteiger partial charge in [-0.25, -0.2) is 0 Å². The summed E-state index contributed by atoms with van der Waals surface area (Å²) in [5.74, 6) is 0.163. The first kappa shape index (κ1) is 18.6. The highest BCUT2D eigenvalue weighted by molar-refractivity contribution is 5.78. The van der Waals surface area contributed by atoms with Gasteiger partial charge in [0.05, 0.1) is 23.7 Å². The second-order valence-electron chi connectivity index (χ2n) is 7.09. The van der Waals surface area contributed by atoms with Gasteiger partial charge in [-0.3, -0.25) is 19.8 Å². The molecule has 2 fully saturated rings. The van der Waals surface area contributed by atoms with Gasteiger partial charge in [-0.2, -0.15) is 0 Å². The Morgan fingerprint density at radius 1 is 1.12 bits per heavy atom. The molecule has 3 rings (SSSR count). The molecule has 2 aliphatic heterocycles. The molecule has 26 heavy (non-hydrogen) atoms. The first-order valence-corrected chi connectivity index (χ1v) is 9.07. The van der Waals surface area contributed by atoms with Crippen molar-refractivity contribution >= 4 is 17.3 Å². The van der Waals surface area contributed by atoms with Crippen molar-refractivity contribution in [1.29, 1.82) is 0 Å². The van der Waals surface area contributed by atoms with Gasteiger partial charge >= 0.3 is 0 Å². The highest BCUT2D eigenvalue weighted by Crippen LogP contribution is 2.20. The van der Waals surface area contributed by atoms with Gasteiger partial charge in [-0.1, -0.05) is 0 Å². The number of morpholine rings is 1. The third-order valence-electron chi connectivity index (χ3n) is 4.93. The summed E-state index contributed by atoms with van der Waals surface area (Å²) in [6, 6.07) is 6.64. The van der Waals surface area contributed by atoms with Gasteiger partial charge in [0.25, 0.3) is 5.69 Å². The lowest BCUT2D eigenvalue weighted by atomic mass is 10.2. The minimum absolute atomic E-state index is 0.0849. The lowest BCUT2D eigenvalue weighted by molar-refractivity contribution is -0.384. The molecule has 0 aromatic heterocycles. The number of hydrogen-bond acceptors (Lipinski definition) is 6. The fourth-order valence-electron chi connectivity index (χ4n) is 3.62. The van der Waals surface area contributed by atoms with Crippen molar-refractivity contribution in [3.8, 4) is 0 Å². The molecular formula is C18H26N4O4. The zero-order valence-electron chi connectivity index (χ0n) is 15.3. The van der Waals surface area contributed by atoms with E-state index in [-0.39, 0.29) is 28.7 Å². The van der Waals surface area contributed by atoms with Crippen LogP contribution in [0.5, 0.6) is 0 Å². The van der Waals surface area contributed by atoms with E-state index in [0.717, 1.165) is 31.9 Å². The highest BCUT2D eigenvalue weighted by Gasteiger charge is 2.28. The number of benzene rings is 1. The van der Waals surface area contributed by atoms with Gasteiger partial charge < -0.3 is 14.5 Å². The molecule has 0 N–H and O–H groups in total. The Bertz CT molecular complexity index is 633. The molecule has 0 radical (unpaired) electrons. The third-order valence-corrected chi connectivity index (χ3v) is 4.93. The molecule has 8 nitrogen and oxygen atoms in total. The second-order valence-corrected chi connectivity index (χ2v) is 7.09. The van der Waals surface area contributed by atoms with E-state index in [0.29, 0.717) is 19.6 Å². The van der Waals surface area contributed by atoms with Crippen molar-refractivity contribution in [2.75, 3.05) is 50.7 Å². The maximum absolute atomic E-state index is 12.6. The standard InChI is InChI=1S/C18H26N4O4/c1-14-11-21(12-15(2)26-14)18(23)13-19-7-9-20(10-8-19)16-3-5-17(6-4-16)22(24)25/h3-6,14-15H,7-13H2,1-2H3/t14-,15-/m0/s1. The van der Waals surface area contributed by atoms with Gasteiger partial charge in [0.1, 0.15) is 0 Å². The van der Waals surface area contributed by atoms with Crippen LogP contribution in [0.25, 0.3) is 0 Å². The van der Waals surface area contributed by atoms with Crippen LogP contribution < -0.4 is 4.90 Å². The number of piperazine rings is 1. The van der Waals surface area contributed by atoms with Gasteiger partial charge in [-0.15, -0.1) is 0 Å². The number of carbonyl (C=O) groups is 1. The van der Waals surface area contributed by atoms with Crippen LogP contribution in [0.2, 0.25) is 0 Å². The Balaban J connectivity index is 1.49. The first-order valence-electron chi connectivity index (χ1n) is 9.07. The van der Waals surface area contributed by atoms with Gasteiger partial charge in [-0.05, 0) is 26.0 Å². The molecule has 2 atom stereocenters. The number of amides is 1. The van der Waals surface area contributed by atoms with Crippen LogP contribution in [0.4, 0.5) is 11.4 Å². The van der Waals surface area contributed by atoms with Crippen molar-refractivity contribution in [2.24, 2.45) is 0 Å². The van der Waals surface area contributed by atoms with Crippen molar-refractivity contribution in [2.45, 2.75) is 26.1 Å². The number of hydrogen-bond donors (Lipinski definition) is 0. The number of carbonyl (C=O) groups excluding carboxylic acids is 1. The monoisotopic (exact) mass is 362 g/mol. The lowest BCUT2D eigenvalue weighted by Gasteiger charge is -2.39. The van der Waals surface area contributed by atoms with Gasteiger partial charge in [0.2, 0.25) is 5.91 Å². The van der Waals surface area contributed by atoms with Crippen LogP contribution in [-0.4, -0.2) is 78.7 Å². The minimum atomic E-state index is -0.388. The number of ether oxygens (including phenoxy) is 1. The molecule has 142 valence electrons. The number of anilines is 1. The van der Waals surface area contributed by atoms with E-state index in [2.05, 4.69) is 9.80 Å². The van der Waals surface area contributed by atoms with Crippen LogP contribution in [0.3, 0.4) is 0 Å². The fourth-order valence-corrected chi connectivity index (χ4v) is 3.62. The van der Waals surface area contributed by atoms with Crippen LogP contribution in [0.15, 0.2) is 24.3 Å². The Kier molecular flexibility index (Phi) is 5.73. The van der Waals surface area contributed by atoms with E-state index >= 15 is 0 Å². The van der Waals surface area contributed by atoms with E-state index in [1.54, 1.807) is 12.1 Å². The van der Waals surface area contributed by atoms with Crippen LogP contribution in [-0.2, 0) is 9.53 Å². The van der Waals surface area contributed by atoms with Gasteiger partial charge in [0, 0.05) is 57.1 Å². The predicted octanol–water partition coefficient (Wildman–Crippen LogP) is 1.35. The molecule has 2 aliphatic rings. The van der Waals surface area contributed by atoms with Crippen LogP contribution in [0, 0.1) is 10.1 Å². The summed E-state index contributed by atoms with van der Waals surface area (Å²) in [5.41, 5.74) is 1.09. The first-order chi connectivity index (χ1) is 12.4. The molecule has 0 spiro atoms. The Hall–Kier alpha value is -2.19. The third kappa shape index (κ3) is 4.50. The SMILES string of the molecule is C[C@H]1CN(C(=O)CN2CCN(c3ccc([N+](=O)[O-])cc3)CC2)C[C@H](C)O1. The fraction of sp³-hybridized carbons (Fsp3) is 0.611. The molecule has 2 saturated heterocycles. The molecule has 1 aromatic rings. The Labute approximate surface area is 153 Å². The number of rotatable bonds is 4. The summed E-state index contributed by atoms with van der Waals surface area (Å²) in [5, 5.41) is 10.7. The summed E-state index contributed by atoms with van der Waals surface area (Å²) in [7, 11) is 0. The summed E-state index contributed by atoms with van der Waals surface area (Å²) in [4.78, 5) is 29.2. The van der Waals surface area contributed by atoms with Gasteiger partial charge in [0.15, 0.2) is 0 Å². The van der Waals surface area contributed by atoms with E-state index in [4.69, 9.17) is 4.74 Å². The normalized spacial score (nSPS) is 24.5. The average Bonchev–Trinajstić information content (AvgIpc) is 2.61. The molecule has 0 bridgehead atoms. The predicted molar refractivity (Wildman–Crippen MR) is 98.3 cm³/mol. The molecule has 1 aromatic carbocycles.